The van der Waals surface area contributed by atoms with E-state index in [1.807, 2.05) is 12.1 Å². The highest BCUT2D eigenvalue weighted by Crippen LogP contribution is 2.40. The average molecular weight is 455 g/mol. The van der Waals surface area contributed by atoms with Gasteiger partial charge in [0.2, 0.25) is 13.6 Å². The van der Waals surface area contributed by atoms with Gasteiger partial charge >= 0.3 is 0 Å². The maximum atomic E-state index is 13.1. The first-order chi connectivity index (χ1) is 16.2. The zero-order valence-electron chi connectivity index (χ0n) is 16.9. The second-order valence-electron chi connectivity index (χ2n) is 7.47. The minimum absolute atomic E-state index is 0.128. The molecule has 0 saturated heterocycles. The third-order valence-corrected chi connectivity index (χ3v) is 6.75. The maximum Gasteiger partial charge on any atom is 0.273 e. The monoisotopic (exact) mass is 455 g/mol. The van der Waals surface area contributed by atoms with Gasteiger partial charge in [-0.2, -0.15) is 10.5 Å². The largest absolute Gasteiger partial charge is 0.454 e. The van der Waals surface area contributed by atoms with Gasteiger partial charge < -0.3 is 18.9 Å². The summed E-state index contributed by atoms with van der Waals surface area (Å²) >= 11 is 1.21. The van der Waals surface area contributed by atoms with Gasteiger partial charge in [-0.25, -0.2) is 0 Å². The molecular formula is C24H13N3O5S. The molecule has 0 unspecified atom stereocenters. The van der Waals surface area contributed by atoms with E-state index >= 15 is 0 Å². The molecule has 3 aliphatic heterocycles. The van der Waals surface area contributed by atoms with Gasteiger partial charge in [0.05, 0.1) is 33.7 Å². The number of rotatable bonds is 2. The van der Waals surface area contributed by atoms with Crippen molar-refractivity contribution in [2.75, 3.05) is 13.6 Å². The first kappa shape index (κ1) is 19.2. The quantitative estimate of drug-likeness (QED) is 0.582. The van der Waals surface area contributed by atoms with Gasteiger partial charge in [0.25, 0.3) is 5.56 Å². The number of nitrogens with zero attached hydrogens (tertiary/aromatic N) is 3. The fourth-order valence-corrected chi connectivity index (χ4v) is 5.19. The fraction of sp³-hybridized carbons (Fsp3) is 0.125. The average Bonchev–Trinajstić information content (AvgIpc) is 3.56. The van der Waals surface area contributed by atoms with Gasteiger partial charge in [-0.05, 0) is 41.5 Å². The van der Waals surface area contributed by atoms with Crippen LogP contribution in [0.2, 0.25) is 0 Å². The summed E-state index contributed by atoms with van der Waals surface area (Å²) in [6.07, 6.45) is 3.26. The maximum absolute atomic E-state index is 13.1. The molecule has 0 N–H and O–H groups in total. The summed E-state index contributed by atoms with van der Waals surface area (Å²) in [5.74, 6) is 1.84. The van der Waals surface area contributed by atoms with Crippen molar-refractivity contribution in [1.29, 1.82) is 10.5 Å². The van der Waals surface area contributed by atoms with Crippen molar-refractivity contribution >= 4 is 29.2 Å². The van der Waals surface area contributed by atoms with Crippen molar-refractivity contribution in [3.8, 4) is 35.1 Å². The molecule has 8 nitrogen and oxygen atoms in total. The fourth-order valence-electron chi connectivity index (χ4n) is 4.09. The molecule has 33 heavy (non-hydrogen) atoms. The van der Waals surface area contributed by atoms with Crippen molar-refractivity contribution in [2.45, 2.75) is 5.92 Å². The molecule has 0 bridgehead atoms. The van der Waals surface area contributed by atoms with Crippen LogP contribution in [0.25, 0.3) is 17.8 Å². The summed E-state index contributed by atoms with van der Waals surface area (Å²) in [6.45, 7) is 0.293. The molecule has 1 atom stereocenters. The Kier molecular flexibility index (Phi) is 4.25. The van der Waals surface area contributed by atoms with Gasteiger partial charge in [0.15, 0.2) is 23.0 Å². The van der Waals surface area contributed by atoms with Crippen LogP contribution < -0.4 is 33.7 Å². The smallest absolute Gasteiger partial charge is 0.273 e. The Morgan fingerprint density at radius 1 is 0.939 bits per heavy atom. The molecule has 160 valence electrons. The number of ether oxygens (including phenoxy) is 4. The van der Waals surface area contributed by atoms with Crippen molar-refractivity contribution in [3.63, 3.8) is 0 Å². The first-order valence-corrected chi connectivity index (χ1v) is 10.8. The summed E-state index contributed by atoms with van der Waals surface area (Å²) < 4.78 is 23.9. The lowest BCUT2D eigenvalue weighted by molar-refractivity contribution is 0.173. The van der Waals surface area contributed by atoms with E-state index in [0.29, 0.717) is 43.3 Å². The lowest BCUT2D eigenvalue weighted by atomic mass is 9.85. The zero-order valence-corrected chi connectivity index (χ0v) is 17.7. The number of hydrogen-bond donors (Lipinski definition) is 0. The minimum Gasteiger partial charge on any atom is -0.454 e. The van der Waals surface area contributed by atoms with E-state index in [1.54, 1.807) is 30.3 Å². The Morgan fingerprint density at radius 3 is 2.36 bits per heavy atom. The van der Waals surface area contributed by atoms with E-state index in [0.717, 1.165) is 11.1 Å². The molecule has 3 aliphatic rings. The molecule has 3 aromatic rings. The molecule has 0 radical (unpaired) electrons. The van der Waals surface area contributed by atoms with E-state index in [2.05, 4.69) is 12.1 Å². The molecule has 4 heterocycles. The summed E-state index contributed by atoms with van der Waals surface area (Å²) in [7, 11) is 0. The second-order valence-corrected chi connectivity index (χ2v) is 8.50. The Labute approximate surface area is 190 Å². The lowest BCUT2D eigenvalue weighted by Gasteiger charge is -2.19. The molecule has 1 aromatic heterocycles. The highest BCUT2D eigenvalue weighted by molar-refractivity contribution is 7.07. The molecule has 0 spiro atoms. The van der Waals surface area contributed by atoms with Crippen LogP contribution in [0.15, 0.2) is 46.8 Å². The standard InChI is InChI=1S/C24H13N3O5S/c25-8-15-10-27-23(28)21(6-13-1-3-17-19(5-13)31-11-29-17)33-24(27)16(9-26)22(15)14-2-4-18-20(7-14)32-12-30-18/h1-7,10,22H,11-12H2/b21-6-/t22-/m1/s1. The highest BCUT2D eigenvalue weighted by atomic mass is 32.1. The van der Waals surface area contributed by atoms with E-state index in [4.69, 9.17) is 18.9 Å². The normalized spacial score (nSPS) is 17.9. The number of allylic oxidation sites excluding steroid dienone is 1. The van der Waals surface area contributed by atoms with Gasteiger partial charge in [-0.1, -0.05) is 12.1 Å². The van der Waals surface area contributed by atoms with E-state index in [9.17, 15) is 15.3 Å². The molecular weight excluding hydrogens is 442 g/mol. The SMILES string of the molecule is N#CC1=Cn2c(s/c(=C\c3ccc4c(c3)OCO4)c2=O)=C(C#N)[C@@H]1c1ccc2c(c1)OCO2. The number of thiazole rings is 1. The van der Waals surface area contributed by atoms with Crippen molar-refractivity contribution < 1.29 is 18.9 Å². The number of hydrogen-bond acceptors (Lipinski definition) is 8. The second kappa shape index (κ2) is 7.30. The van der Waals surface area contributed by atoms with E-state index in [-0.39, 0.29) is 19.1 Å². The van der Waals surface area contributed by atoms with Gasteiger partial charge in [0.1, 0.15) is 4.66 Å². The van der Waals surface area contributed by atoms with Crippen LogP contribution in [-0.2, 0) is 0 Å². The van der Waals surface area contributed by atoms with Crippen molar-refractivity contribution in [2.24, 2.45) is 0 Å². The molecule has 6 rings (SSSR count). The highest BCUT2D eigenvalue weighted by Gasteiger charge is 2.30. The van der Waals surface area contributed by atoms with Crippen LogP contribution in [0, 0.1) is 22.7 Å². The third-order valence-electron chi connectivity index (χ3n) is 5.63. The van der Waals surface area contributed by atoms with Crippen LogP contribution in [0.3, 0.4) is 0 Å². The lowest BCUT2D eigenvalue weighted by Crippen LogP contribution is -2.32. The summed E-state index contributed by atoms with van der Waals surface area (Å²) in [6, 6.07) is 15.2. The molecule has 9 heteroatoms. The first-order valence-electron chi connectivity index (χ1n) is 9.94. The zero-order chi connectivity index (χ0) is 22.5. The molecule has 0 amide bonds. The number of fused-ring (bicyclic) bond motifs is 3. The van der Waals surface area contributed by atoms with Crippen LogP contribution in [0.4, 0.5) is 0 Å². The molecule has 2 aromatic carbocycles. The van der Waals surface area contributed by atoms with Gasteiger partial charge in [-0.15, -0.1) is 11.3 Å². The predicted octanol–water partition coefficient (Wildman–Crippen LogP) is 2.03. The number of nitriles is 2. The van der Waals surface area contributed by atoms with Crippen LogP contribution in [-0.4, -0.2) is 18.2 Å². The number of aromatic nitrogens is 1. The van der Waals surface area contributed by atoms with Crippen LogP contribution in [0.5, 0.6) is 23.0 Å². The van der Waals surface area contributed by atoms with Crippen molar-refractivity contribution in [1.82, 2.24) is 4.57 Å². The third kappa shape index (κ3) is 2.99. The summed E-state index contributed by atoms with van der Waals surface area (Å²) in [5.41, 5.74) is 1.83. The van der Waals surface area contributed by atoms with E-state index < -0.39 is 5.92 Å². The Hall–Kier alpha value is -4.47. The predicted molar refractivity (Wildman–Crippen MR) is 118 cm³/mol. The Bertz CT molecular complexity index is 1630. The van der Waals surface area contributed by atoms with Gasteiger partial charge in [-0.3, -0.25) is 9.36 Å². The number of benzene rings is 2. The molecule has 0 saturated carbocycles. The van der Waals surface area contributed by atoms with Gasteiger partial charge in [0, 0.05) is 6.20 Å². The topological polar surface area (TPSA) is 106 Å². The van der Waals surface area contributed by atoms with Crippen LogP contribution in [0.1, 0.15) is 17.0 Å². The Morgan fingerprint density at radius 2 is 1.64 bits per heavy atom. The van der Waals surface area contributed by atoms with Crippen molar-refractivity contribution in [3.05, 3.63) is 72.6 Å². The van der Waals surface area contributed by atoms with Crippen LogP contribution >= 0.6 is 11.3 Å². The molecule has 0 aliphatic carbocycles. The minimum atomic E-state index is -0.606. The summed E-state index contributed by atoms with van der Waals surface area (Å²) in [4.78, 5) is 13.1. The summed E-state index contributed by atoms with van der Waals surface area (Å²) in [5, 5.41) is 19.9. The Balaban J connectivity index is 1.54. The molecule has 0 fully saturated rings. The van der Waals surface area contributed by atoms with E-state index in [1.165, 1.54) is 22.1 Å².